The van der Waals surface area contributed by atoms with E-state index in [-0.39, 0.29) is 5.91 Å². The van der Waals surface area contributed by atoms with Gasteiger partial charge in [-0.15, -0.1) is 0 Å². The molecule has 1 aliphatic heterocycles. The van der Waals surface area contributed by atoms with Crippen molar-refractivity contribution in [2.75, 3.05) is 0 Å². The fourth-order valence-electron chi connectivity index (χ4n) is 2.63. The summed E-state index contributed by atoms with van der Waals surface area (Å²) in [5.74, 6) is -0.165. The number of hydrogen-bond donors (Lipinski definition) is 0. The van der Waals surface area contributed by atoms with E-state index in [1.807, 2.05) is 60.7 Å². The zero-order valence-corrected chi connectivity index (χ0v) is 13.1. The molecule has 0 atom stereocenters. The Bertz CT molecular complexity index is 952. The van der Waals surface area contributed by atoms with Crippen LogP contribution in [0.3, 0.4) is 0 Å². The Hall–Kier alpha value is -2.65. The van der Waals surface area contributed by atoms with Crippen LogP contribution in [0.1, 0.15) is 11.1 Å². The number of rotatable bonds is 2. The number of nitrogens with zero attached hydrogens (tertiary/aromatic N) is 1. The van der Waals surface area contributed by atoms with Crippen molar-refractivity contribution in [1.29, 1.82) is 0 Å². The molecule has 0 bridgehead atoms. The van der Waals surface area contributed by atoms with Crippen LogP contribution >= 0.6 is 11.8 Å². The topological polar surface area (TPSA) is 29.4 Å². The first kappa shape index (κ1) is 14.0. The van der Waals surface area contributed by atoms with E-state index in [0.29, 0.717) is 4.91 Å². The molecule has 0 saturated heterocycles. The molecule has 2 nitrogen and oxygen atoms in total. The van der Waals surface area contributed by atoms with Crippen molar-refractivity contribution in [3.05, 3.63) is 88.8 Å². The summed E-state index contributed by atoms with van der Waals surface area (Å²) in [5, 5.41) is 3.08. The molecular formula is C20H13NOS. The summed E-state index contributed by atoms with van der Waals surface area (Å²) in [7, 11) is 0. The second-order valence-corrected chi connectivity index (χ2v) is 6.30. The molecule has 0 saturated carbocycles. The van der Waals surface area contributed by atoms with Crippen LogP contribution < -0.4 is 0 Å². The molecule has 1 amide bonds. The lowest BCUT2D eigenvalue weighted by atomic mass is 10.0. The molecule has 4 rings (SSSR count). The van der Waals surface area contributed by atoms with Crippen molar-refractivity contribution in [1.82, 2.24) is 0 Å². The van der Waals surface area contributed by atoms with Crippen molar-refractivity contribution in [2.45, 2.75) is 0 Å². The molecule has 0 N–H and O–H groups in total. The zero-order chi connectivity index (χ0) is 15.6. The first-order valence-corrected chi connectivity index (χ1v) is 8.19. The summed E-state index contributed by atoms with van der Waals surface area (Å²) in [6.07, 6.45) is 1.94. The van der Waals surface area contributed by atoms with E-state index in [2.05, 4.69) is 23.2 Å². The van der Waals surface area contributed by atoms with E-state index >= 15 is 0 Å². The predicted molar refractivity (Wildman–Crippen MR) is 97.5 cm³/mol. The highest BCUT2D eigenvalue weighted by Crippen LogP contribution is 2.33. The minimum absolute atomic E-state index is 0.165. The van der Waals surface area contributed by atoms with E-state index in [4.69, 9.17) is 0 Å². The number of aliphatic imine (C=N–C) groups is 1. The normalized spacial score (nSPS) is 16.1. The molecule has 0 spiro atoms. The van der Waals surface area contributed by atoms with Crippen molar-refractivity contribution in [3.8, 4) is 0 Å². The maximum atomic E-state index is 12.2. The number of carbonyl (C=O) groups is 1. The molecule has 3 heteroatoms. The van der Waals surface area contributed by atoms with Crippen molar-refractivity contribution in [2.24, 2.45) is 4.99 Å². The third-order valence-electron chi connectivity index (χ3n) is 3.75. The van der Waals surface area contributed by atoms with Gasteiger partial charge in [0.2, 0.25) is 0 Å². The molecule has 0 aliphatic carbocycles. The highest BCUT2D eigenvalue weighted by atomic mass is 32.2. The molecule has 0 radical (unpaired) electrons. The van der Waals surface area contributed by atoms with Gasteiger partial charge in [-0.05, 0) is 22.4 Å². The first-order valence-electron chi connectivity index (χ1n) is 7.37. The molecule has 3 aromatic rings. The van der Waals surface area contributed by atoms with Gasteiger partial charge in [0.1, 0.15) is 5.04 Å². The first-order chi connectivity index (χ1) is 11.3. The quantitative estimate of drug-likeness (QED) is 0.629. The second-order valence-electron chi connectivity index (χ2n) is 5.27. The predicted octanol–water partition coefficient (Wildman–Crippen LogP) is 4.90. The van der Waals surface area contributed by atoms with Crippen molar-refractivity contribution < 1.29 is 4.79 Å². The lowest BCUT2D eigenvalue weighted by Crippen LogP contribution is -1.89. The Labute approximate surface area is 138 Å². The Morgan fingerprint density at radius 3 is 2.43 bits per heavy atom. The Morgan fingerprint density at radius 2 is 1.57 bits per heavy atom. The van der Waals surface area contributed by atoms with Crippen LogP contribution in [-0.2, 0) is 4.79 Å². The van der Waals surface area contributed by atoms with Crippen LogP contribution in [0.5, 0.6) is 0 Å². The Morgan fingerprint density at radius 1 is 0.826 bits per heavy atom. The summed E-state index contributed by atoms with van der Waals surface area (Å²) in [5.41, 5.74) is 2.02. The van der Waals surface area contributed by atoms with Crippen molar-refractivity contribution >= 4 is 39.6 Å². The summed E-state index contributed by atoms with van der Waals surface area (Å²) in [6, 6.07) is 24.1. The molecule has 23 heavy (non-hydrogen) atoms. The van der Waals surface area contributed by atoms with Gasteiger partial charge in [0.25, 0.3) is 5.91 Å². The minimum Gasteiger partial charge on any atom is -0.266 e. The zero-order valence-electron chi connectivity index (χ0n) is 12.3. The van der Waals surface area contributed by atoms with Gasteiger partial charge in [-0.25, -0.2) is 4.99 Å². The van der Waals surface area contributed by atoms with Gasteiger partial charge < -0.3 is 0 Å². The Kier molecular flexibility index (Phi) is 3.56. The fraction of sp³-hybridized carbons (Fsp3) is 0. The van der Waals surface area contributed by atoms with Crippen molar-refractivity contribution in [3.63, 3.8) is 0 Å². The van der Waals surface area contributed by atoms with Crippen LogP contribution in [0.25, 0.3) is 16.8 Å². The fourth-order valence-corrected chi connectivity index (χ4v) is 3.54. The highest BCUT2D eigenvalue weighted by molar-refractivity contribution is 8.19. The maximum Gasteiger partial charge on any atom is 0.284 e. The number of amides is 1. The molecule has 1 heterocycles. The van der Waals surface area contributed by atoms with Gasteiger partial charge in [0.15, 0.2) is 0 Å². The molecule has 3 aromatic carbocycles. The third-order valence-corrected chi connectivity index (χ3v) is 4.78. The van der Waals surface area contributed by atoms with E-state index in [9.17, 15) is 4.79 Å². The SMILES string of the molecule is O=C1N=C(c2ccccc2)S/C1=C\c1cccc2ccccc12. The number of hydrogen-bond acceptors (Lipinski definition) is 2. The van der Waals surface area contributed by atoms with Gasteiger partial charge in [-0.2, -0.15) is 0 Å². The van der Waals surface area contributed by atoms with Gasteiger partial charge in [-0.1, -0.05) is 84.6 Å². The van der Waals surface area contributed by atoms with Crippen LogP contribution in [0, 0.1) is 0 Å². The van der Waals surface area contributed by atoms with Gasteiger partial charge >= 0.3 is 0 Å². The van der Waals surface area contributed by atoms with Gasteiger partial charge in [0.05, 0.1) is 4.91 Å². The lowest BCUT2D eigenvalue weighted by Gasteiger charge is -2.03. The molecular weight excluding hydrogens is 302 g/mol. The molecule has 1 aliphatic rings. The van der Waals surface area contributed by atoms with Gasteiger partial charge in [-0.3, -0.25) is 4.79 Å². The summed E-state index contributed by atoms with van der Waals surface area (Å²) in [6.45, 7) is 0. The van der Waals surface area contributed by atoms with E-state index in [1.54, 1.807) is 0 Å². The summed E-state index contributed by atoms with van der Waals surface area (Å²) in [4.78, 5) is 17.1. The number of carbonyl (C=O) groups excluding carboxylic acids is 1. The maximum absolute atomic E-state index is 12.2. The van der Waals surface area contributed by atoms with Crippen LogP contribution in [0.15, 0.2) is 82.7 Å². The number of thioether (sulfide) groups is 1. The second kappa shape index (κ2) is 5.86. The van der Waals surface area contributed by atoms with E-state index in [0.717, 1.165) is 21.6 Å². The molecule has 0 unspecified atom stereocenters. The van der Waals surface area contributed by atoms with Crippen LogP contribution in [-0.4, -0.2) is 11.0 Å². The summed E-state index contributed by atoms with van der Waals surface area (Å²) < 4.78 is 0. The third kappa shape index (κ3) is 2.71. The molecule has 0 aromatic heterocycles. The molecule has 110 valence electrons. The Balaban J connectivity index is 1.72. The lowest BCUT2D eigenvalue weighted by molar-refractivity contribution is -0.113. The monoisotopic (exact) mass is 315 g/mol. The van der Waals surface area contributed by atoms with Gasteiger partial charge in [0, 0.05) is 5.56 Å². The summed E-state index contributed by atoms with van der Waals surface area (Å²) >= 11 is 1.44. The smallest absolute Gasteiger partial charge is 0.266 e. The van der Waals surface area contributed by atoms with Crippen LogP contribution in [0.4, 0.5) is 0 Å². The minimum atomic E-state index is -0.165. The molecule has 0 fully saturated rings. The van der Waals surface area contributed by atoms with Crippen LogP contribution in [0.2, 0.25) is 0 Å². The average molecular weight is 315 g/mol. The number of fused-ring (bicyclic) bond motifs is 1. The standard InChI is InChI=1S/C20H13NOS/c22-19-18(23-20(21-19)15-8-2-1-3-9-15)13-16-11-6-10-14-7-4-5-12-17(14)16/h1-13H/b18-13-. The number of benzene rings is 3. The van der Waals surface area contributed by atoms with E-state index in [1.165, 1.54) is 17.1 Å². The average Bonchev–Trinajstić information content (AvgIpc) is 2.97. The largest absolute Gasteiger partial charge is 0.284 e. The highest BCUT2D eigenvalue weighted by Gasteiger charge is 2.22. The van der Waals surface area contributed by atoms with E-state index < -0.39 is 0 Å².